The van der Waals surface area contributed by atoms with Crippen molar-refractivity contribution in [1.82, 2.24) is 15.5 Å². The minimum absolute atomic E-state index is 0.0625. The Morgan fingerprint density at radius 3 is 2.60 bits per heavy atom. The van der Waals surface area contributed by atoms with Gasteiger partial charge in [-0.05, 0) is 36.8 Å². The van der Waals surface area contributed by atoms with Crippen molar-refractivity contribution in [3.05, 3.63) is 59.3 Å². The number of carbonyl (C=O) groups excluding carboxylic acids is 2. The second-order valence-corrected chi connectivity index (χ2v) is 5.64. The molecule has 0 saturated heterocycles. The van der Waals surface area contributed by atoms with Crippen molar-refractivity contribution in [2.75, 3.05) is 7.11 Å². The van der Waals surface area contributed by atoms with Gasteiger partial charge in [-0.25, -0.2) is 4.79 Å². The summed E-state index contributed by atoms with van der Waals surface area (Å²) in [6.07, 6.45) is 0. The average Bonchev–Trinajstić information content (AvgIpc) is 3.03. The zero-order chi connectivity index (χ0) is 18.0. The molecule has 0 radical (unpaired) electrons. The number of carbonyl (C=O) groups is 2. The monoisotopic (exact) mass is 339 g/mol. The van der Waals surface area contributed by atoms with Gasteiger partial charge in [0.25, 0.3) is 5.91 Å². The quantitative estimate of drug-likeness (QED) is 0.632. The number of nitrogens with one attached hydrogen (secondary N) is 2. The number of phenolic OH excluding ortho intramolecular Hbond substituents is 1. The van der Waals surface area contributed by atoms with E-state index < -0.39 is 17.9 Å². The van der Waals surface area contributed by atoms with Crippen molar-refractivity contribution < 1.29 is 19.4 Å². The molecular formula is C18H17N3O4. The van der Waals surface area contributed by atoms with Gasteiger partial charge in [-0.15, -0.1) is 0 Å². The van der Waals surface area contributed by atoms with E-state index in [-0.39, 0.29) is 11.4 Å². The lowest BCUT2D eigenvalue weighted by atomic mass is 10.1. The first-order valence-electron chi connectivity index (χ1n) is 7.62. The molecule has 0 spiro atoms. The number of hydrogen-bond donors (Lipinski definition) is 3. The van der Waals surface area contributed by atoms with Gasteiger partial charge < -0.3 is 15.2 Å². The molecule has 1 aromatic heterocycles. The topological polar surface area (TPSA) is 104 Å². The summed E-state index contributed by atoms with van der Waals surface area (Å²) in [5, 5.41) is 19.6. The predicted octanol–water partition coefficient (Wildman–Crippen LogP) is 2.22. The largest absolute Gasteiger partial charge is 0.508 e. The summed E-state index contributed by atoms with van der Waals surface area (Å²) in [5.41, 5.74) is 2.42. The zero-order valence-corrected chi connectivity index (χ0v) is 13.7. The number of benzene rings is 2. The summed E-state index contributed by atoms with van der Waals surface area (Å²) >= 11 is 0. The van der Waals surface area contributed by atoms with Crippen LogP contribution in [-0.4, -0.2) is 34.3 Å². The van der Waals surface area contributed by atoms with Crippen LogP contribution in [0.4, 0.5) is 0 Å². The fraction of sp³-hybridized carbons (Fsp3) is 0.167. The third-order valence-electron chi connectivity index (χ3n) is 3.87. The van der Waals surface area contributed by atoms with Gasteiger partial charge in [0.05, 0.1) is 12.6 Å². The zero-order valence-electron chi connectivity index (χ0n) is 13.7. The first kappa shape index (κ1) is 16.5. The van der Waals surface area contributed by atoms with Crippen LogP contribution in [0.3, 0.4) is 0 Å². The van der Waals surface area contributed by atoms with Crippen LogP contribution in [0.15, 0.2) is 42.5 Å². The Balaban J connectivity index is 1.93. The molecule has 0 bridgehead atoms. The molecule has 7 heteroatoms. The summed E-state index contributed by atoms with van der Waals surface area (Å²) in [5.74, 6) is -1.05. The Morgan fingerprint density at radius 2 is 1.92 bits per heavy atom. The summed E-state index contributed by atoms with van der Waals surface area (Å²) < 4.78 is 4.78. The van der Waals surface area contributed by atoms with Crippen LogP contribution in [0.1, 0.15) is 27.7 Å². The Kier molecular flexibility index (Phi) is 4.38. The number of H-pyrrole nitrogens is 1. The van der Waals surface area contributed by atoms with E-state index in [0.717, 1.165) is 11.1 Å². The lowest BCUT2D eigenvalue weighted by Crippen LogP contribution is -2.34. The molecule has 0 aliphatic heterocycles. The van der Waals surface area contributed by atoms with Crippen LogP contribution < -0.4 is 5.32 Å². The number of aromatic hydroxyl groups is 1. The highest BCUT2D eigenvalue weighted by molar-refractivity contribution is 6.06. The van der Waals surface area contributed by atoms with Crippen LogP contribution in [0, 0.1) is 6.92 Å². The molecule has 0 aliphatic carbocycles. The number of hydrogen-bond acceptors (Lipinski definition) is 5. The summed E-state index contributed by atoms with van der Waals surface area (Å²) in [7, 11) is 1.25. The second kappa shape index (κ2) is 6.64. The first-order valence-corrected chi connectivity index (χ1v) is 7.62. The highest BCUT2D eigenvalue weighted by Crippen LogP contribution is 2.21. The van der Waals surface area contributed by atoms with Crippen LogP contribution in [-0.2, 0) is 9.53 Å². The van der Waals surface area contributed by atoms with E-state index in [1.807, 2.05) is 25.1 Å². The highest BCUT2D eigenvalue weighted by Gasteiger charge is 2.26. The minimum Gasteiger partial charge on any atom is -0.508 e. The van der Waals surface area contributed by atoms with Gasteiger partial charge >= 0.3 is 5.97 Å². The number of aromatic nitrogens is 2. The first-order chi connectivity index (χ1) is 12.0. The van der Waals surface area contributed by atoms with Crippen LogP contribution in [0.2, 0.25) is 0 Å². The molecule has 3 rings (SSSR count). The van der Waals surface area contributed by atoms with E-state index in [4.69, 9.17) is 4.74 Å². The molecule has 3 N–H and O–H groups in total. The van der Waals surface area contributed by atoms with Gasteiger partial charge in [0.2, 0.25) is 0 Å². The lowest BCUT2D eigenvalue weighted by molar-refractivity contribution is -0.143. The number of rotatable bonds is 4. The molecule has 0 unspecified atom stereocenters. The maximum absolute atomic E-state index is 12.7. The van der Waals surface area contributed by atoms with Crippen molar-refractivity contribution in [1.29, 1.82) is 0 Å². The Labute approximate surface area is 143 Å². The van der Waals surface area contributed by atoms with Gasteiger partial charge in [-0.2, -0.15) is 5.10 Å². The molecule has 0 aliphatic rings. The number of aromatic amines is 1. The third-order valence-corrected chi connectivity index (χ3v) is 3.87. The summed E-state index contributed by atoms with van der Waals surface area (Å²) in [6, 6.07) is 10.6. The van der Waals surface area contributed by atoms with E-state index >= 15 is 0 Å². The van der Waals surface area contributed by atoms with E-state index in [1.54, 1.807) is 12.1 Å². The fourth-order valence-corrected chi connectivity index (χ4v) is 2.56. The minimum atomic E-state index is -1.00. The average molecular weight is 339 g/mol. The number of ether oxygens (including phenoxy) is 1. The van der Waals surface area contributed by atoms with Crippen LogP contribution in [0.25, 0.3) is 10.9 Å². The predicted molar refractivity (Wildman–Crippen MR) is 91.2 cm³/mol. The number of nitrogens with zero attached hydrogens (tertiary/aromatic N) is 1. The molecule has 128 valence electrons. The smallest absolute Gasteiger partial charge is 0.333 e. The molecule has 3 aromatic rings. The molecule has 0 fully saturated rings. The number of aryl methyl sites for hydroxylation is 1. The van der Waals surface area contributed by atoms with E-state index in [2.05, 4.69) is 15.5 Å². The van der Waals surface area contributed by atoms with Gasteiger partial charge in [0.15, 0.2) is 11.7 Å². The molecule has 1 amide bonds. The van der Waals surface area contributed by atoms with Crippen molar-refractivity contribution in [3.63, 3.8) is 0 Å². The summed E-state index contributed by atoms with van der Waals surface area (Å²) in [4.78, 5) is 24.7. The van der Waals surface area contributed by atoms with Crippen molar-refractivity contribution in [2.24, 2.45) is 0 Å². The van der Waals surface area contributed by atoms with Crippen LogP contribution >= 0.6 is 0 Å². The van der Waals surface area contributed by atoms with Crippen molar-refractivity contribution in [3.8, 4) is 5.75 Å². The fourth-order valence-electron chi connectivity index (χ4n) is 2.56. The Hall–Kier alpha value is -3.35. The SMILES string of the molecule is COC(=O)[C@H](NC(=O)c1n[nH]c2ccc(C)cc12)c1ccc(O)cc1. The van der Waals surface area contributed by atoms with E-state index in [1.165, 1.54) is 19.2 Å². The third kappa shape index (κ3) is 3.30. The standard InChI is InChI=1S/C18H17N3O4/c1-10-3-8-14-13(9-10)16(21-20-14)17(23)19-15(18(24)25-2)11-4-6-12(22)7-5-11/h3-9,15,22H,1-2H3,(H,19,23)(H,20,21)/t15-/m1/s1. The Morgan fingerprint density at radius 1 is 1.20 bits per heavy atom. The van der Waals surface area contributed by atoms with Gasteiger partial charge in [0.1, 0.15) is 5.75 Å². The lowest BCUT2D eigenvalue weighted by Gasteiger charge is -2.16. The van der Waals surface area contributed by atoms with Crippen LogP contribution in [0.5, 0.6) is 5.75 Å². The molecule has 0 saturated carbocycles. The number of fused-ring (bicyclic) bond motifs is 1. The number of esters is 1. The van der Waals surface area contributed by atoms with E-state index in [9.17, 15) is 14.7 Å². The van der Waals surface area contributed by atoms with Gasteiger partial charge in [-0.1, -0.05) is 23.8 Å². The number of amides is 1. The Bertz CT molecular complexity index is 931. The molecular weight excluding hydrogens is 322 g/mol. The molecule has 2 aromatic carbocycles. The summed E-state index contributed by atoms with van der Waals surface area (Å²) in [6.45, 7) is 1.92. The maximum atomic E-state index is 12.7. The molecule has 1 heterocycles. The number of methoxy groups -OCH3 is 1. The highest BCUT2D eigenvalue weighted by atomic mass is 16.5. The van der Waals surface area contributed by atoms with Crippen molar-refractivity contribution in [2.45, 2.75) is 13.0 Å². The van der Waals surface area contributed by atoms with Gasteiger partial charge in [-0.3, -0.25) is 9.89 Å². The molecule has 7 nitrogen and oxygen atoms in total. The van der Waals surface area contributed by atoms with Gasteiger partial charge in [0, 0.05) is 5.39 Å². The molecule has 25 heavy (non-hydrogen) atoms. The maximum Gasteiger partial charge on any atom is 0.333 e. The number of phenols is 1. The normalized spacial score (nSPS) is 11.9. The second-order valence-electron chi connectivity index (χ2n) is 5.64. The molecule has 1 atom stereocenters. The van der Waals surface area contributed by atoms with Crippen molar-refractivity contribution >= 4 is 22.8 Å². The van der Waals surface area contributed by atoms with E-state index in [0.29, 0.717) is 10.9 Å².